The van der Waals surface area contributed by atoms with Crippen molar-refractivity contribution in [3.63, 3.8) is 0 Å². The molecule has 1 aliphatic carbocycles. The molecule has 0 unspecified atom stereocenters. The van der Waals surface area contributed by atoms with E-state index in [-0.39, 0.29) is 30.0 Å². The summed E-state index contributed by atoms with van der Waals surface area (Å²) in [5.41, 5.74) is -0.154. The maximum absolute atomic E-state index is 12.4. The van der Waals surface area contributed by atoms with Crippen LogP contribution in [0, 0.1) is 5.92 Å². The first-order valence-corrected chi connectivity index (χ1v) is 8.23. The van der Waals surface area contributed by atoms with E-state index in [0.717, 1.165) is 11.6 Å². The minimum Gasteiger partial charge on any atom is -0.495 e. The Hall–Kier alpha value is -2.94. The van der Waals surface area contributed by atoms with E-state index in [9.17, 15) is 19.5 Å². The van der Waals surface area contributed by atoms with E-state index in [1.807, 2.05) is 0 Å². The van der Waals surface area contributed by atoms with Gasteiger partial charge in [-0.2, -0.15) is 0 Å². The Morgan fingerprint density at radius 1 is 1.35 bits per heavy atom. The number of aromatic amines is 2. The van der Waals surface area contributed by atoms with E-state index < -0.39 is 17.0 Å². The molecule has 9 nitrogen and oxygen atoms in total. The number of carbonyl (C=O) groups excluding carboxylic acids is 1. The summed E-state index contributed by atoms with van der Waals surface area (Å²) in [4.78, 5) is 39.6. The van der Waals surface area contributed by atoms with Crippen LogP contribution in [0.15, 0.2) is 34.1 Å². The molecule has 0 bridgehead atoms. The lowest BCUT2D eigenvalue weighted by molar-refractivity contribution is -0.122. The molecule has 0 spiro atoms. The molecule has 2 aromatic rings. The second-order valence-corrected chi connectivity index (χ2v) is 6.38. The normalized spacial score (nSPS) is 20.1. The molecule has 0 radical (unpaired) electrons. The Labute approximate surface area is 148 Å². The first-order chi connectivity index (χ1) is 12.5. The molecule has 138 valence electrons. The summed E-state index contributed by atoms with van der Waals surface area (Å²) in [7, 11) is 1.53. The summed E-state index contributed by atoms with van der Waals surface area (Å²) in [5, 5.41) is 16.9. The smallest absolute Gasteiger partial charge is 0.266 e. The molecule has 26 heavy (non-hydrogen) atoms. The standard InChI is InChI=1S/C17H20N4O5/c1-26-13-4-11(7-18-8-13)16(9-2-12(22)3-9)19-14(23)5-10-6-15(24)20-21-17(10)25/h4,6-9,12,16,22H,2-3,5H2,1H3,(H,19,23)(H,20,24)(H,21,25)/t9?,12?,16-/m0/s1. The lowest BCUT2D eigenvalue weighted by Gasteiger charge is -2.38. The molecular weight excluding hydrogens is 340 g/mol. The highest BCUT2D eigenvalue weighted by atomic mass is 16.5. The summed E-state index contributed by atoms with van der Waals surface area (Å²) in [5.74, 6) is 0.225. The topological polar surface area (TPSA) is 137 Å². The maximum Gasteiger partial charge on any atom is 0.266 e. The third kappa shape index (κ3) is 3.99. The van der Waals surface area contributed by atoms with E-state index in [0.29, 0.717) is 18.6 Å². The molecule has 1 saturated carbocycles. The lowest BCUT2D eigenvalue weighted by atomic mass is 9.75. The van der Waals surface area contributed by atoms with Crippen LogP contribution in [0.2, 0.25) is 0 Å². The number of methoxy groups -OCH3 is 1. The first kappa shape index (κ1) is 17.9. The molecule has 4 N–H and O–H groups in total. The molecule has 0 saturated heterocycles. The van der Waals surface area contributed by atoms with Crippen molar-refractivity contribution in [3.8, 4) is 5.75 Å². The van der Waals surface area contributed by atoms with Crippen LogP contribution < -0.4 is 21.2 Å². The van der Waals surface area contributed by atoms with Crippen LogP contribution in [-0.2, 0) is 11.2 Å². The molecule has 1 fully saturated rings. The second-order valence-electron chi connectivity index (χ2n) is 6.38. The zero-order valence-corrected chi connectivity index (χ0v) is 14.2. The van der Waals surface area contributed by atoms with Crippen molar-refractivity contribution >= 4 is 5.91 Å². The Bertz CT molecular complexity index is 900. The average molecular weight is 360 g/mol. The first-order valence-electron chi connectivity index (χ1n) is 8.23. The number of aliphatic hydroxyl groups excluding tert-OH is 1. The number of amides is 1. The SMILES string of the molecule is COc1cncc([C@@H](NC(=O)Cc2cc(=O)[nH][nH]c2=O)C2CC(O)C2)c1. The minimum absolute atomic E-state index is 0.0558. The highest BCUT2D eigenvalue weighted by Crippen LogP contribution is 2.38. The van der Waals surface area contributed by atoms with Crippen molar-refractivity contribution in [2.75, 3.05) is 7.11 Å². The molecule has 1 aliphatic rings. The van der Waals surface area contributed by atoms with Gasteiger partial charge in [-0.1, -0.05) is 0 Å². The number of carbonyl (C=O) groups is 1. The number of rotatable bonds is 6. The molecule has 1 amide bonds. The summed E-state index contributed by atoms with van der Waals surface area (Å²) < 4.78 is 5.18. The minimum atomic E-state index is -0.515. The van der Waals surface area contributed by atoms with Gasteiger partial charge in [0.25, 0.3) is 11.1 Å². The number of ether oxygens (including phenoxy) is 1. The van der Waals surface area contributed by atoms with Crippen molar-refractivity contribution in [3.05, 3.63) is 56.4 Å². The lowest BCUT2D eigenvalue weighted by Crippen LogP contribution is -2.42. The van der Waals surface area contributed by atoms with Crippen LogP contribution >= 0.6 is 0 Å². The number of nitrogens with one attached hydrogen (secondary N) is 3. The Morgan fingerprint density at radius 2 is 2.12 bits per heavy atom. The van der Waals surface area contributed by atoms with Gasteiger partial charge in [-0.05, 0) is 30.4 Å². The Morgan fingerprint density at radius 3 is 2.81 bits per heavy atom. The van der Waals surface area contributed by atoms with Gasteiger partial charge < -0.3 is 15.2 Å². The summed E-state index contributed by atoms with van der Waals surface area (Å²) in [6, 6.07) is 2.52. The van der Waals surface area contributed by atoms with Gasteiger partial charge >= 0.3 is 0 Å². The second kappa shape index (κ2) is 7.52. The van der Waals surface area contributed by atoms with Crippen LogP contribution in [0.1, 0.15) is 30.0 Å². The van der Waals surface area contributed by atoms with Crippen LogP contribution in [-0.4, -0.2) is 39.4 Å². The molecular formula is C17H20N4O5. The van der Waals surface area contributed by atoms with E-state index in [1.54, 1.807) is 18.5 Å². The van der Waals surface area contributed by atoms with Crippen molar-refractivity contribution in [1.82, 2.24) is 20.5 Å². The van der Waals surface area contributed by atoms with Crippen molar-refractivity contribution in [2.45, 2.75) is 31.4 Å². The van der Waals surface area contributed by atoms with Crippen molar-refractivity contribution in [1.29, 1.82) is 0 Å². The highest BCUT2D eigenvalue weighted by molar-refractivity contribution is 5.79. The number of nitrogens with zero attached hydrogens (tertiary/aromatic N) is 1. The van der Waals surface area contributed by atoms with Crippen LogP contribution in [0.4, 0.5) is 0 Å². The molecule has 0 aromatic carbocycles. The predicted octanol–water partition coefficient (Wildman–Crippen LogP) is -0.362. The summed E-state index contributed by atoms with van der Waals surface area (Å²) >= 11 is 0. The molecule has 1 atom stereocenters. The third-order valence-corrected chi connectivity index (χ3v) is 4.51. The van der Waals surface area contributed by atoms with Gasteiger partial charge in [-0.15, -0.1) is 0 Å². The summed E-state index contributed by atoms with van der Waals surface area (Å²) in [6.07, 6.45) is 3.73. The van der Waals surface area contributed by atoms with Crippen LogP contribution in [0.5, 0.6) is 5.75 Å². The number of pyridine rings is 1. The number of H-pyrrole nitrogens is 2. The third-order valence-electron chi connectivity index (χ3n) is 4.51. The van der Waals surface area contributed by atoms with Gasteiger partial charge in [-0.3, -0.25) is 29.6 Å². The fourth-order valence-corrected chi connectivity index (χ4v) is 3.08. The van der Waals surface area contributed by atoms with E-state index >= 15 is 0 Å². The molecule has 3 rings (SSSR count). The van der Waals surface area contributed by atoms with Gasteiger partial charge in [0.2, 0.25) is 5.91 Å². The highest BCUT2D eigenvalue weighted by Gasteiger charge is 2.36. The van der Waals surface area contributed by atoms with E-state index in [4.69, 9.17) is 4.74 Å². The number of aliphatic hydroxyl groups is 1. The Balaban J connectivity index is 1.79. The quantitative estimate of drug-likeness (QED) is 0.555. The molecule has 2 heterocycles. The average Bonchev–Trinajstić information content (AvgIpc) is 2.60. The largest absolute Gasteiger partial charge is 0.495 e. The number of hydrogen-bond acceptors (Lipinski definition) is 6. The molecule has 9 heteroatoms. The van der Waals surface area contributed by atoms with Gasteiger partial charge in [0.15, 0.2) is 0 Å². The van der Waals surface area contributed by atoms with E-state index in [1.165, 1.54) is 7.11 Å². The van der Waals surface area contributed by atoms with Gasteiger partial charge in [0.1, 0.15) is 5.75 Å². The maximum atomic E-state index is 12.4. The van der Waals surface area contributed by atoms with Crippen LogP contribution in [0.3, 0.4) is 0 Å². The van der Waals surface area contributed by atoms with Gasteiger partial charge in [0, 0.05) is 17.8 Å². The number of aromatic nitrogens is 3. The van der Waals surface area contributed by atoms with Crippen LogP contribution in [0.25, 0.3) is 0 Å². The zero-order valence-electron chi connectivity index (χ0n) is 14.2. The monoisotopic (exact) mass is 360 g/mol. The molecule has 0 aliphatic heterocycles. The number of hydrogen-bond donors (Lipinski definition) is 4. The summed E-state index contributed by atoms with van der Waals surface area (Å²) in [6.45, 7) is 0. The fourth-order valence-electron chi connectivity index (χ4n) is 3.08. The molecule has 2 aromatic heterocycles. The van der Waals surface area contributed by atoms with E-state index in [2.05, 4.69) is 20.5 Å². The fraction of sp³-hybridized carbons (Fsp3) is 0.412. The van der Waals surface area contributed by atoms with Crippen molar-refractivity contribution in [2.24, 2.45) is 5.92 Å². The van der Waals surface area contributed by atoms with Crippen molar-refractivity contribution < 1.29 is 14.6 Å². The zero-order chi connectivity index (χ0) is 18.7. The Kier molecular flexibility index (Phi) is 5.17. The van der Waals surface area contributed by atoms with Gasteiger partial charge in [-0.25, -0.2) is 0 Å². The predicted molar refractivity (Wildman–Crippen MR) is 91.8 cm³/mol. The van der Waals surface area contributed by atoms with Gasteiger partial charge in [0.05, 0.1) is 31.9 Å².